The van der Waals surface area contributed by atoms with E-state index in [4.69, 9.17) is 11.6 Å². The van der Waals surface area contributed by atoms with Crippen molar-refractivity contribution in [1.82, 2.24) is 0 Å². The number of thiophene rings is 1. The smallest absolute Gasteiger partial charge is 0.173 e. The van der Waals surface area contributed by atoms with Crippen LogP contribution in [-0.4, -0.2) is 11.7 Å². The molecule has 0 atom stereocenters. The molecule has 0 aliphatic rings. The first-order valence-corrected chi connectivity index (χ1v) is 6.14. The number of halogens is 2. The molecule has 13 heavy (non-hydrogen) atoms. The van der Waals surface area contributed by atoms with Crippen molar-refractivity contribution in [3.05, 3.63) is 20.3 Å². The summed E-state index contributed by atoms with van der Waals surface area (Å²) in [5.74, 6) is 0.735. The average Bonchev–Trinajstić information content (AvgIpc) is 2.41. The molecule has 1 aromatic heterocycles. The van der Waals surface area contributed by atoms with Crippen molar-refractivity contribution < 1.29 is 4.79 Å². The highest BCUT2D eigenvalue weighted by atomic mass is 79.9. The minimum atomic E-state index is 0.186. The van der Waals surface area contributed by atoms with Crippen LogP contribution in [0.25, 0.3) is 0 Å². The van der Waals surface area contributed by atoms with Crippen molar-refractivity contribution in [3.63, 3.8) is 0 Å². The van der Waals surface area contributed by atoms with Gasteiger partial charge in [-0.2, -0.15) is 0 Å². The Morgan fingerprint density at radius 2 is 2.38 bits per heavy atom. The summed E-state index contributed by atoms with van der Waals surface area (Å²) in [5.41, 5.74) is 0. The molecule has 0 saturated heterocycles. The second kappa shape index (κ2) is 5.13. The summed E-state index contributed by atoms with van der Waals surface area (Å²) >= 11 is 10.4. The first kappa shape index (κ1) is 11.2. The van der Waals surface area contributed by atoms with E-state index in [0.29, 0.717) is 12.3 Å². The number of carbonyl (C=O) groups excluding carboxylic acids is 1. The van der Waals surface area contributed by atoms with Crippen LogP contribution in [0.2, 0.25) is 0 Å². The number of aryl methyl sites for hydroxylation is 1. The summed E-state index contributed by atoms with van der Waals surface area (Å²) in [5, 5.41) is 0. The van der Waals surface area contributed by atoms with Gasteiger partial charge in [0.1, 0.15) is 0 Å². The molecule has 1 heterocycles. The quantitative estimate of drug-likeness (QED) is 0.602. The molecule has 0 N–H and O–H groups in total. The first-order chi connectivity index (χ1) is 6.15. The lowest BCUT2D eigenvalue weighted by atomic mass is 10.2. The molecule has 4 heteroatoms. The second-order valence-electron chi connectivity index (χ2n) is 2.75. The number of carbonyl (C=O) groups is 1. The van der Waals surface area contributed by atoms with Crippen molar-refractivity contribution in [1.29, 1.82) is 0 Å². The van der Waals surface area contributed by atoms with Gasteiger partial charge in [-0.15, -0.1) is 22.9 Å². The standard InChI is InChI=1S/C9H10BrClOS/c1-6-5-7(10)9(13-6)8(12)3-2-4-11/h5H,2-4H2,1H3. The number of ketones is 1. The summed E-state index contributed by atoms with van der Waals surface area (Å²) in [4.78, 5) is 13.5. The van der Waals surface area contributed by atoms with Crippen LogP contribution in [0.1, 0.15) is 27.4 Å². The number of alkyl halides is 1. The topological polar surface area (TPSA) is 17.1 Å². The summed E-state index contributed by atoms with van der Waals surface area (Å²) in [7, 11) is 0. The van der Waals surface area contributed by atoms with Crippen LogP contribution >= 0.6 is 38.9 Å². The van der Waals surface area contributed by atoms with Gasteiger partial charge in [-0.3, -0.25) is 4.79 Å². The molecule has 0 bridgehead atoms. The predicted octanol–water partition coefficient (Wildman–Crippen LogP) is 4.02. The van der Waals surface area contributed by atoms with Crippen LogP contribution in [0.15, 0.2) is 10.5 Å². The van der Waals surface area contributed by atoms with E-state index >= 15 is 0 Å². The zero-order valence-corrected chi connectivity index (χ0v) is 10.4. The molecule has 0 amide bonds. The van der Waals surface area contributed by atoms with Gasteiger partial charge in [-0.25, -0.2) is 0 Å². The van der Waals surface area contributed by atoms with Crippen molar-refractivity contribution >= 4 is 44.7 Å². The van der Waals surface area contributed by atoms with Gasteiger partial charge in [0.25, 0.3) is 0 Å². The Labute approximate surface area is 95.2 Å². The van der Waals surface area contributed by atoms with E-state index in [0.717, 1.165) is 20.6 Å². The molecule has 1 aromatic rings. The van der Waals surface area contributed by atoms with E-state index < -0.39 is 0 Å². The molecule has 1 rings (SSSR count). The number of rotatable bonds is 4. The Hall–Kier alpha value is 0.140. The lowest BCUT2D eigenvalue weighted by molar-refractivity contribution is 0.0985. The van der Waals surface area contributed by atoms with Crippen molar-refractivity contribution in [2.45, 2.75) is 19.8 Å². The second-order valence-corrected chi connectivity index (χ2v) is 5.24. The Morgan fingerprint density at radius 3 is 2.85 bits per heavy atom. The van der Waals surface area contributed by atoms with E-state index in [1.807, 2.05) is 13.0 Å². The van der Waals surface area contributed by atoms with Crippen LogP contribution in [0.3, 0.4) is 0 Å². The maximum Gasteiger partial charge on any atom is 0.173 e. The zero-order valence-electron chi connectivity index (χ0n) is 7.27. The third-order valence-corrected chi connectivity index (χ3v) is 3.85. The lowest BCUT2D eigenvalue weighted by Gasteiger charge is -1.95. The van der Waals surface area contributed by atoms with Crippen LogP contribution in [-0.2, 0) is 0 Å². The Bertz CT molecular complexity index is 309. The van der Waals surface area contributed by atoms with Crippen LogP contribution in [0.5, 0.6) is 0 Å². The van der Waals surface area contributed by atoms with Crippen molar-refractivity contribution in [2.24, 2.45) is 0 Å². The summed E-state index contributed by atoms with van der Waals surface area (Å²) in [6.45, 7) is 1.99. The molecule has 0 fully saturated rings. The summed E-state index contributed by atoms with van der Waals surface area (Å²) in [6, 6.07) is 1.97. The van der Waals surface area contributed by atoms with Gasteiger partial charge in [0.2, 0.25) is 0 Å². The van der Waals surface area contributed by atoms with E-state index in [9.17, 15) is 4.79 Å². The molecule has 1 nitrogen and oxygen atoms in total. The monoisotopic (exact) mass is 280 g/mol. The number of hydrogen-bond acceptors (Lipinski definition) is 2. The van der Waals surface area contributed by atoms with Gasteiger partial charge in [-0.05, 0) is 35.3 Å². The SMILES string of the molecule is Cc1cc(Br)c(C(=O)CCCCl)s1. The largest absolute Gasteiger partial charge is 0.293 e. The maximum absolute atomic E-state index is 11.6. The van der Waals surface area contributed by atoms with Crippen molar-refractivity contribution in [2.75, 3.05) is 5.88 Å². The minimum absolute atomic E-state index is 0.186. The van der Waals surface area contributed by atoms with Gasteiger partial charge < -0.3 is 0 Å². The van der Waals surface area contributed by atoms with E-state index in [1.165, 1.54) is 11.3 Å². The van der Waals surface area contributed by atoms with Crippen LogP contribution in [0, 0.1) is 6.92 Å². The Morgan fingerprint density at radius 1 is 1.69 bits per heavy atom. The number of hydrogen-bond donors (Lipinski definition) is 0. The molecular formula is C9H10BrClOS. The van der Waals surface area contributed by atoms with Gasteiger partial charge in [0.15, 0.2) is 5.78 Å². The highest BCUT2D eigenvalue weighted by Crippen LogP contribution is 2.28. The third kappa shape index (κ3) is 3.08. The maximum atomic E-state index is 11.6. The normalized spacial score (nSPS) is 10.4. The third-order valence-electron chi connectivity index (χ3n) is 1.60. The highest BCUT2D eigenvalue weighted by Gasteiger charge is 2.12. The molecule has 0 aromatic carbocycles. The molecular weight excluding hydrogens is 272 g/mol. The van der Waals surface area contributed by atoms with Crippen LogP contribution in [0.4, 0.5) is 0 Å². The lowest BCUT2D eigenvalue weighted by Crippen LogP contribution is -1.96. The zero-order chi connectivity index (χ0) is 9.84. The summed E-state index contributed by atoms with van der Waals surface area (Å²) in [6.07, 6.45) is 1.30. The van der Waals surface area contributed by atoms with Gasteiger partial charge in [-0.1, -0.05) is 0 Å². The highest BCUT2D eigenvalue weighted by molar-refractivity contribution is 9.10. The fraction of sp³-hybridized carbons (Fsp3) is 0.444. The van der Waals surface area contributed by atoms with Gasteiger partial charge in [0.05, 0.1) is 4.88 Å². The molecule has 0 aliphatic carbocycles. The Balaban J connectivity index is 2.70. The predicted molar refractivity (Wildman–Crippen MR) is 61.0 cm³/mol. The molecule has 0 aliphatic heterocycles. The van der Waals surface area contributed by atoms with E-state index in [2.05, 4.69) is 15.9 Å². The van der Waals surface area contributed by atoms with Crippen molar-refractivity contribution in [3.8, 4) is 0 Å². The van der Waals surface area contributed by atoms with Crippen LogP contribution < -0.4 is 0 Å². The van der Waals surface area contributed by atoms with E-state index in [-0.39, 0.29) is 5.78 Å². The molecule has 0 spiro atoms. The summed E-state index contributed by atoms with van der Waals surface area (Å²) < 4.78 is 0.912. The number of Topliss-reactive ketones (excluding diaryl/α,β-unsaturated/α-hetero) is 1. The molecule has 0 saturated carbocycles. The van der Waals surface area contributed by atoms with Gasteiger partial charge in [0, 0.05) is 21.7 Å². The fourth-order valence-corrected chi connectivity index (χ4v) is 2.98. The minimum Gasteiger partial charge on any atom is -0.293 e. The van der Waals surface area contributed by atoms with E-state index in [1.54, 1.807) is 0 Å². The van der Waals surface area contributed by atoms with Gasteiger partial charge >= 0.3 is 0 Å². The Kier molecular flexibility index (Phi) is 4.42. The average molecular weight is 282 g/mol. The molecule has 0 radical (unpaired) electrons. The first-order valence-electron chi connectivity index (χ1n) is 4.00. The fourth-order valence-electron chi connectivity index (χ4n) is 1.01. The molecule has 72 valence electrons. The molecule has 0 unspecified atom stereocenters.